The van der Waals surface area contributed by atoms with Crippen LogP contribution in [-0.4, -0.2) is 40.3 Å². The van der Waals surface area contributed by atoms with Crippen LogP contribution in [0.3, 0.4) is 0 Å². The highest BCUT2D eigenvalue weighted by molar-refractivity contribution is 7.99. The summed E-state index contributed by atoms with van der Waals surface area (Å²) in [7, 11) is 3.71. The highest BCUT2D eigenvalue weighted by Crippen LogP contribution is 2.16. The van der Waals surface area contributed by atoms with Gasteiger partial charge in [0, 0.05) is 30.4 Å². The lowest BCUT2D eigenvalue weighted by molar-refractivity contribution is 0.199. The molecule has 1 unspecified atom stereocenters. The van der Waals surface area contributed by atoms with E-state index in [9.17, 15) is 5.11 Å². The molecule has 1 rings (SSSR count). The maximum absolute atomic E-state index is 9.41. The van der Waals surface area contributed by atoms with Crippen LogP contribution in [0.1, 0.15) is 0 Å². The van der Waals surface area contributed by atoms with Crippen molar-refractivity contribution in [2.75, 3.05) is 19.3 Å². The van der Waals surface area contributed by atoms with Gasteiger partial charge in [-0.25, -0.2) is 0 Å². The largest absolute Gasteiger partial charge is 0.391 e. The first-order valence-corrected chi connectivity index (χ1v) is 5.15. The van der Waals surface area contributed by atoms with E-state index in [1.165, 1.54) is 0 Å². The summed E-state index contributed by atoms with van der Waals surface area (Å²) in [5.74, 6) is 0.701. The van der Waals surface area contributed by atoms with Crippen LogP contribution >= 0.6 is 11.8 Å². The summed E-state index contributed by atoms with van der Waals surface area (Å²) in [6.45, 7) is 0.632. The number of hydrogen-bond acceptors (Lipinski definition) is 4. The lowest BCUT2D eigenvalue weighted by atomic mass is 10.4. The van der Waals surface area contributed by atoms with E-state index in [1.54, 1.807) is 22.6 Å². The van der Waals surface area contributed by atoms with E-state index in [-0.39, 0.29) is 6.10 Å². The normalized spacial score (nSPS) is 13.2. The predicted octanol–water partition coefficient (Wildman–Crippen LogP) is 0.0925. The fourth-order valence-corrected chi connectivity index (χ4v) is 1.81. The number of aliphatic hydroxyl groups excluding tert-OH is 1. The molecule has 74 valence electrons. The topological polar surface area (TPSA) is 50.1 Å². The molecule has 0 amide bonds. The molecule has 0 aliphatic carbocycles. The average molecular weight is 201 g/mol. The molecule has 0 radical (unpaired) electrons. The maximum atomic E-state index is 9.41. The molecule has 0 saturated heterocycles. The first-order chi connectivity index (χ1) is 6.22. The second kappa shape index (κ2) is 5.26. The van der Waals surface area contributed by atoms with Crippen molar-refractivity contribution in [2.45, 2.75) is 11.0 Å². The van der Waals surface area contributed by atoms with Gasteiger partial charge >= 0.3 is 0 Å². The number of nitrogens with one attached hydrogen (secondary N) is 1. The van der Waals surface area contributed by atoms with E-state index < -0.39 is 0 Å². The molecule has 2 N–H and O–H groups in total. The number of thioether (sulfide) groups is 1. The molecule has 0 aliphatic heterocycles. The minimum absolute atomic E-state index is 0.296. The number of aryl methyl sites for hydroxylation is 1. The molecule has 13 heavy (non-hydrogen) atoms. The molecule has 0 aliphatic rings. The Kier molecular flexibility index (Phi) is 4.27. The van der Waals surface area contributed by atoms with Crippen molar-refractivity contribution >= 4 is 11.8 Å². The van der Waals surface area contributed by atoms with E-state index >= 15 is 0 Å². The summed E-state index contributed by atoms with van der Waals surface area (Å²) >= 11 is 1.62. The number of likely N-dealkylation sites (N-methyl/N-ethyl adjacent to an activating group) is 1. The second-order valence-corrected chi connectivity index (χ2v) is 3.97. The third kappa shape index (κ3) is 3.80. The van der Waals surface area contributed by atoms with Crippen LogP contribution in [0.25, 0.3) is 0 Å². The molecular weight excluding hydrogens is 186 g/mol. The first-order valence-electron chi connectivity index (χ1n) is 4.16. The van der Waals surface area contributed by atoms with Crippen LogP contribution in [-0.2, 0) is 7.05 Å². The first kappa shape index (κ1) is 10.6. The fourth-order valence-electron chi connectivity index (χ4n) is 0.960. The van der Waals surface area contributed by atoms with Crippen LogP contribution in [0, 0.1) is 0 Å². The van der Waals surface area contributed by atoms with Crippen LogP contribution in [0.15, 0.2) is 17.3 Å². The van der Waals surface area contributed by atoms with Crippen molar-refractivity contribution in [2.24, 2.45) is 7.05 Å². The lowest BCUT2D eigenvalue weighted by Crippen LogP contribution is -2.25. The lowest BCUT2D eigenvalue weighted by Gasteiger charge is -2.07. The molecule has 0 fully saturated rings. The maximum Gasteiger partial charge on any atom is 0.0758 e. The van der Waals surface area contributed by atoms with Crippen molar-refractivity contribution in [3.63, 3.8) is 0 Å². The Morgan fingerprint density at radius 3 is 3.08 bits per heavy atom. The minimum Gasteiger partial charge on any atom is -0.391 e. The summed E-state index contributed by atoms with van der Waals surface area (Å²) in [6.07, 6.45) is 3.45. The zero-order valence-electron chi connectivity index (χ0n) is 7.90. The van der Waals surface area contributed by atoms with Gasteiger partial charge in [-0.1, -0.05) is 0 Å². The van der Waals surface area contributed by atoms with Crippen molar-refractivity contribution in [3.05, 3.63) is 12.4 Å². The van der Waals surface area contributed by atoms with Gasteiger partial charge < -0.3 is 10.4 Å². The fraction of sp³-hybridized carbons (Fsp3) is 0.625. The molecule has 4 nitrogen and oxygen atoms in total. The standard InChI is InChI=1S/C8H15N3OS/c1-9-3-7(12)6-13-8-4-10-11(2)5-8/h4-5,7,9,12H,3,6H2,1-2H3. The summed E-state index contributed by atoms with van der Waals surface area (Å²) in [5.41, 5.74) is 0. The smallest absolute Gasteiger partial charge is 0.0758 e. The Morgan fingerprint density at radius 2 is 2.54 bits per heavy atom. The number of nitrogens with zero attached hydrogens (tertiary/aromatic N) is 2. The van der Waals surface area contributed by atoms with Gasteiger partial charge in [0.25, 0.3) is 0 Å². The summed E-state index contributed by atoms with van der Waals surface area (Å²) in [5, 5.41) is 16.4. The Morgan fingerprint density at radius 1 is 1.77 bits per heavy atom. The van der Waals surface area contributed by atoms with E-state index in [0.717, 1.165) is 4.90 Å². The Labute approximate surface area is 82.3 Å². The van der Waals surface area contributed by atoms with Gasteiger partial charge in [0.2, 0.25) is 0 Å². The van der Waals surface area contributed by atoms with Crippen LogP contribution < -0.4 is 5.32 Å². The van der Waals surface area contributed by atoms with Crippen LogP contribution in [0.5, 0.6) is 0 Å². The number of hydrogen-bond donors (Lipinski definition) is 2. The molecule has 1 atom stereocenters. The quantitative estimate of drug-likeness (QED) is 0.663. The van der Waals surface area contributed by atoms with Gasteiger partial charge in [-0.05, 0) is 7.05 Å². The molecule has 0 aromatic carbocycles. The molecular formula is C8H15N3OS. The Bertz CT molecular complexity index is 251. The number of aromatic nitrogens is 2. The van der Waals surface area contributed by atoms with Gasteiger partial charge in [-0.3, -0.25) is 4.68 Å². The van der Waals surface area contributed by atoms with Gasteiger partial charge in [0.15, 0.2) is 0 Å². The monoisotopic (exact) mass is 201 g/mol. The highest BCUT2D eigenvalue weighted by Gasteiger charge is 2.04. The van der Waals surface area contributed by atoms with E-state index in [2.05, 4.69) is 10.4 Å². The molecule has 0 saturated carbocycles. The van der Waals surface area contributed by atoms with Gasteiger partial charge in [0.1, 0.15) is 0 Å². The van der Waals surface area contributed by atoms with Gasteiger partial charge in [-0.2, -0.15) is 5.10 Å². The molecule has 1 heterocycles. The zero-order valence-corrected chi connectivity index (χ0v) is 8.71. The van der Waals surface area contributed by atoms with Crippen molar-refractivity contribution in [3.8, 4) is 0 Å². The highest BCUT2D eigenvalue weighted by atomic mass is 32.2. The van der Waals surface area contributed by atoms with Crippen LogP contribution in [0.2, 0.25) is 0 Å². The molecule has 5 heteroatoms. The van der Waals surface area contributed by atoms with E-state index in [4.69, 9.17) is 0 Å². The van der Waals surface area contributed by atoms with E-state index in [1.807, 2.05) is 20.3 Å². The van der Waals surface area contributed by atoms with Crippen molar-refractivity contribution in [1.29, 1.82) is 0 Å². The van der Waals surface area contributed by atoms with Gasteiger partial charge in [-0.15, -0.1) is 11.8 Å². The van der Waals surface area contributed by atoms with Crippen molar-refractivity contribution in [1.82, 2.24) is 15.1 Å². The second-order valence-electron chi connectivity index (χ2n) is 2.87. The molecule has 1 aromatic rings. The van der Waals surface area contributed by atoms with Crippen molar-refractivity contribution < 1.29 is 5.11 Å². The third-order valence-electron chi connectivity index (χ3n) is 1.56. The predicted molar refractivity (Wildman–Crippen MR) is 53.9 cm³/mol. The molecule has 0 spiro atoms. The van der Waals surface area contributed by atoms with Gasteiger partial charge in [0.05, 0.1) is 12.3 Å². The Hall–Kier alpha value is -0.520. The van der Waals surface area contributed by atoms with Crippen LogP contribution in [0.4, 0.5) is 0 Å². The third-order valence-corrected chi connectivity index (χ3v) is 2.66. The average Bonchev–Trinajstić information content (AvgIpc) is 2.49. The zero-order chi connectivity index (χ0) is 9.68. The molecule has 0 bridgehead atoms. The number of rotatable bonds is 5. The van der Waals surface area contributed by atoms with E-state index in [0.29, 0.717) is 12.3 Å². The number of aliphatic hydroxyl groups is 1. The minimum atomic E-state index is -0.296. The summed E-state index contributed by atoms with van der Waals surface area (Å²) in [4.78, 5) is 1.10. The molecule has 1 aromatic heterocycles. The SMILES string of the molecule is CNCC(O)CSc1cnn(C)c1. The summed E-state index contributed by atoms with van der Waals surface area (Å²) < 4.78 is 1.76. The summed E-state index contributed by atoms with van der Waals surface area (Å²) in [6, 6.07) is 0. The Balaban J connectivity index is 2.26.